The van der Waals surface area contributed by atoms with Gasteiger partial charge in [0.25, 0.3) is 5.91 Å². The maximum Gasteiger partial charge on any atom is 0.253 e. The molecule has 0 bridgehead atoms. The highest BCUT2D eigenvalue weighted by Gasteiger charge is 2.31. The van der Waals surface area contributed by atoms with Crippen LogP contribution >= 0.6 is 0 Å². The summed E-state index contributed by atoms with van der Waals surface area (Å²) >= 11 is 0. The smallest absolute Gasteiger partial charge is 0.253 e. The monoisotopic (exact) mass is 357 g/mol. The van der Waals surface area contributed by atoms with Gasteiger partial charge in [0.1, 0.15) is 11.6 Å². The van der Waals surface area contributed by atoms with Crippen molar-refractivity contribution in [2.45, 2.75) is 6.10 Å². The SMILES string of the molecule is COc1ccc2nc(N3CCOC(C(=O)N4CCOCC4)C3)ccc2c1. The van der Waals surface area contributed by atoms with Crippen LogP contribution < -0.4 is 9.64 Å². The van der Waals surface area contributed by atoms with Crippen molar-refractivity contribution in [2.75, 3.05) is 58.0 Å². The number of anilines is 1. The number of ether oxygens (including phenoxy) is 3. The number of morpholine rings is 2. The van der Waals surface area contributed by atoms with Gasteiger partial charge in [-0.2, -0.15) is 0 Å². The van der Waals surface area contributed by atoms with Gasteiger partial charge in [0.15, 0.2) is 6.10 Å². The van der Waals surface area contributed by atoms with Gasteiger partial charge in [-0.25, -0.2) is 4.98 Å². The number of hydrogen-bond donors (Lipinski definition) is 0. The molecule has 1 atom stereocenters. The second kappa shape index (κ2) is 7.47. The second-order valence-corrected chi connectivity index (χ2v) is 6.47. The van der Waals surface area contributed by atoms with Crippen LogP contribution in [0, 0.1) is 0 Å². The van der Waals surface area contributed by atoms with Crippen LogP contribution in [0.2, 0.25) is 0 Å². The molecule has 1 amide bonds. The van der Waals surface area contributed by atoms with Crippen LogP contribution in [0.1, 0.15) is 0 Å². The maximum absolute atomic E-state index is 12.7. The van der Waals surface area contributed by atoms with Crippen molar-refractivity contribution in [1.29, 1.82) is 0 Å². The molecule has 2 aliphatic rings. The minimum Gasteiger partial charge on any atom is -0.497 e. The first-order valence-corrected chi connectivity index (χ1v) is 8.92. The molecule has 2 fully saturated rings. The van der Waals surface area contributed by atoms with E-state index in [2.05, 4.69) is 4.90 Å². The van der Waals surface area contributed by atoms with Gasteiger partial charge in [0.2, 0.25) is 0 Å². The van der Waals surface area contributed by atoms with E-state index in [1.54, 1.807) is 7.11 Å². The van der Waals surface area contributed by atoms with Gasteiger partial charge in [-0.1, -0.05) is 0 Å². The van der Waals surface area contributed by atoms with Crippen LogP contribution in [-0.4, -0.2) is 75.0 Å². The molecule has 4 rings (SSSR count). The molecule has 0 N–H and O–H groups in total. The van der Waals surface area contributed by atoms with Crippen LogP contribution in [0.5, 0.6) is 5.75 Å². The molecule has 0 aliphatic carbocycles. The summed E-state index contributed by atoms with van der Waals surface area (Å²) in [6.45, 7) is 4.22. The average molecular weight is 357 g/mol. The number of pyridine rings is 1. The van der Waals surface area contributed by atoms with Gasteiger partial charge in [-0.15, -0.1) is 0 Å². The summed E-state index contributed by atoms with van der Waals surface area (Å²) in [5.41, 5.74) is 0.908. The average Bonchev–Trinajstić information content (AvgIpc) is 2.73. The van der Waals surface area contributed by atoms with Gasteiger partial charge in [0.05, 0.1) is 39.0 Å². The lowest BCUT2D eigenvalue weighted by molar-refractivity contribution is -0.148. The van der Waals surface area contributed by atoms with Gasteiger partial charge in [0, 0.05) is 25.0 Å². The molecule has 1 aromatic carbocycles. The Morgan fingerprint density at radius 3 is 2.81 bits per heavy atom. The Labute approximate surface area is 152 Å². The third kappa shape index (κ3) is 3.45. The first-order chi connectivity index (χ1) is 12.7. The van der Waals surface area contributed by atoms with E-state index in [1.165, 1.54) is 0 Å². The predicted octanol–water partition coefficient (Wildman–Crippen LogP) is 1.31. The van der Waals surface area contributed by atoms with Crippen LogP contribution in [0.15, 0.2) is 30.3 Å². The van der Waals surface area contributed by atoms with Gasteiger partial charge < -0.3 is 24.0 Å². The number of benzene rings is 1. The Hall–Kier alpha value is -2.38. The van der Waals surface area contributed by atoms with E-state index in [9.17, 15) is 4.79 Å². The number of methoxy groups -OCH3 is 1. The van der Waals surface area contributed by atoms with Crippen molar-refractivity contribution >= 4 is 22.6 Å². The van der Waals surface area contributed by atoms with E-state index in [-0.39, 0.29) is 5.91 Å². The molecule has 26 heavy (non-hydrogen) atoms. The zero-order valence-electron chi connectivity index (χ0n) is 14.9. The predicted molar refractivity (Wildman–Crippen MR) is 97.6 cm³/mol. The van der Waals surface area contributed by atoms with Gasteiger partial charge in [-0.05, 0) is 30.3 Å². The molecule has 0 saturated carbocycles. The molecule has 1 aromatic heterocycles. The third-order valence-corrected chi connectivity index (χ3v) is 4.87. The fraction of sp³-hybridized carbons (Fsp3) is 0.474. The molecule has 2 aliphatic heterocycles. The first kappa shape index (κ1) is 17.1. The Balaban J connectivity index is 1.50. The highest BCUT2D eigenvalue weighted by Crippen LogP contribution is 2.24. The summed E-state index contributed by atoms with van der Waals surface area (Å²) in [4.78, 5) is 21.4. The Bertz CT molecular complexity index is 791. The van der Waals surface area contributed by atoms with Crippen molar-refractivity contribution in [1.82, 2.24) is 9.88 Å². The number of aromatic nitrogens is 1. The number of carbonyl (C=O) groups is 1. The Morgan fingerprint density at radius 1 is 1.15 bits per heavy atom. The zero-order chi connectivity index (χ0) is 17.9. The molecule has 7 nitrogen and oxygen atoms in total. The number of hydrogen-bond acceptors (Lipinski definition) is 6. The molecule has 7 heteroatoms. The normalized spacial score (nSPS) is 21.0. The van der Waals surface area contributed by atoms with Crippen molar-refractivity contribution in [3.05, 3.63) is 30.3 Å². The van der Waals surface area contributed by atoms with Gasteiger partial charge in [-0.3, -0.25) is 4.79 Å². The van der Waals surface area contributed by atoms with Crippen LogP contribution in [0.25, 0.3) is 10.9 Å². The lowest BCUT2D eigenvalue weighted by Crippen LogP contribution is -2.53. The fourth-order valence-electron chi connectivity index (χ4n) is 3.39. The number of rotatable bonds is 3. The Kier molecular flexibility index (Phi) is 4.90. The second-order valence-electron chi connectivity index (χ2n) is 6.47. The van der Waals surface area contributed by atoms with E-state index >= 15 is 0 Å². The minimum atomic E-state index is -0.449. The summed E-state index contributed by atoms with van der Waals surface area (Å²) < 4.78 is 16.3. The summed E-state index contributed by atoms with van der Waals surface area (Å²) in [6.07, 6.45) is -0.449. The highest BCUT2D eigenvalue weighted by molar-refractivity contribution is 5.83. The molecule has 2 aromatic rings. The number of amides is 1. The molecule has 3 heterocycles. The quantitative estimate of drug-likeness (QED) is 0.825. The minimum absolute atomic E-state index is 0.0449. The molecule has 1 unspecified atom stereocenters. The lowest BCUT2D eigenvalue weighted by atomic mass is 10.2. The summed E-state index contributed by atoms with van der Waals surface area (Å²) in [7, 11) is 1.66. The number of nitrogens with zero attached hydrogens (tertiary/aromatic N) is 3. The van der Waals surface area contributed by atoms with E-state index in [1.807, 2.05) is 35.2 Å². The highest BCUT2D eigenvalue weighted by atomic mass is 16.5. The summed E-state index contributed by atoms with van der Waals surface area (Å²) in [5.74, 6) is 1.73. The molecule has 2 saturated heterocycles. The molecular weight excluding hydrogens is 334 g/mol. The van der Waals surface area contributed by atoms with E-state index in [0.717, 1.165) is 29.0 Å². The van der Waals surface area contributed by atoms with E-state index in [4.69, 9.17) is 19.2 Å². The first-order valence-electron chi connectivity index (χ1n) is 8.92. The van der Waals surface area contributed by atoms with Crippen molar-refractivity contribution < 1.29 is 19.0 Å². The molecular formula is C19H23N3O4. The van der Waals surface area contributed by atoms with Gasteiger partial charge >= 0.3 is 0 Å². The van der Waals surface area contributed by atoms with Crippen molar-refractivity contribution in [2.24, 2.45) is 0 Å². The number of carbonyl (C=O) groups excluding carboxylic acids is 1. The third-order valence-electron chi connectivity index (χ3n) is 4.87. The lowest BCUT2D eigenvalue weighted by Gasteiger charge is -2.36. The van der Waals surface area contributed by atoms with E-state index in [0.29, 0.717) is 39.5 Å². The zero-order valence-corrected chi connectivity index (χ0v) is 14.9. The fourth-order valence-corrected chi connectivity index (χ4v) is 3.39. The molecule has 138 valence electrons. The van der Waals surface area contributed by atoms with Crippen LogP contribution in [0.3, 0.4) is 0 Å². The number of fused-ring (bicyclic) bond motifs is 1. The summed E-state index contributed by atoms with van der Waals surface area (Å²) in [6, 6.07) is 9.85. The van der Waals surface area contributed by atoms with Crippen LogP contribution in [0.4, 0.5) is 5.82 Å². The standard InChI is InChI=1S/C19H23N3O4/c1-24-15-3-4-16-14(12-15)2-5-18(20-16)22-8-11-26-17(13-22)19(23)21-6-9-25-10-7-21/h2-5,12,17H,6-11,13H2,1H3. The molecule has 0 radical (unpaired) electrons. The Morgan fingerprint density at radius 2 is 2.00 bits per heavy atom. The molecule has 0 spiro atoms. The largest absolute Gasteiger partial charge is 0.497 e. The van der Waals surface area contributed by atoms with Crippen LogP contribution in [-0.2, 0) is 14.3 Å². The maximum atomic E-state index is 12.7. The summed E-state index contributed by atoms with van der Waals surface area (Å²) in [5, 5.41) is 1.03. The van der Waals surface area contributed by atoms with Crippen molar-refractivity contribution in [3.63, 3.8) is 0 Å². The van der Waals surface area contributed by atoms with Crippen molar-refractivity contribution in [3.8, 4) is 5.75 Å². The van der Waals surface area contributed by atoms with E-state index < -0.39 is 6.10 Å². The topological polar surface area (TPSA) is 64.1 Å².